The van der Waals surface area contributed by atoms with Gasteiger partial charge in [0.1, 0.15) is 11.9 Å². The number of alkyl halides is 3. The van der Waals surface area contributed by atoms with Crippen LogP contribution >= 0.6 is 0 Å². The first kappa shape index (κ1) is 26.9. The van der Waals surface area contributed by atoms with Gasteiger partial charge >= 0.3 is 12.1 Å². The van der Waals surface area contributed by atoms with Gasteiger partial charge in [-0.1, -0.05) is 78.9 Å². The third-order valence-corrected chi connectivity index (χ3v) is 6.76. The van der Waals surface area contributed by atoms with Crippen LogP contribution in [-0.2, 0) is 23.8 Å². The van der Waals surface area contributed by atoms with E-state index in [0.717, 1.165) is 28.3 Å². The molecule has 0 saturated carbocycles. The first-order valence-corrected chi connectivity index (χ1v) is 12.8. The van der Waals surface area contributed by atoms with Gasteiger partial charge in [-0.2, -0.15) is 13.2 Å². The largest absolute Gasteiger partial charge is 0.486 e. The summed E-state index contributed by atoms with van der Waals surface area (Å²) in [6.45, 7) is 1.89. The van der Waals surface area contributed by atoms with Gasteiger partial charge < -0.3 is 9.84 Å². The Morgan fingerprint density at radius 1 is 0.900 bits per heavy atom. The highest BCUT2D eigenvalue weighted by molar-refractivity contribution is 5.98. The fraction of sp³-hybridized carbons (Fsp3) is 0.152. The normalized spacial score (nSPS) is 12.3. The molecule has 0 unspecified atom stereocenters. The van der Waals surface area contributed by atoms with Gasteiger partial charge in [0, 0.05) is 11.6 Å². The Morgan fingerprint density at radius 3 is 2.33 bits per heavy atom. The number of carbonyl (C=O) groups is 1. The monoisotopic (exact) mass is 541 g/mol. The number of para-hydroxylation sites is 1. The summed E-state index contributed by atoms with van der Waals surface area (Å²) in [6.07, 6.45) is -2.90. The molecule has 0 bridgehead atoms. The van der Waals surface area contributed by atoms with Gasteiger partial charge in [0.25, 0.3) is 0 Å². The second kappa shape index (κ2) is 11.2. The minimum atomic E-state index is -4.54. The van der Waals surface area contributed by atoms with E-state index in [1.807, 2.05) is 67.6 Å². The van der Waals surface area contributed by atoms with Crippen LogP contribution in [0.15, 0.2) is 103 Å². The number of halogens is 3. The van der Waals surface area contributed by atoms with E-state index in [-0.39, 0.29) is 18.0 Å². The number of hydrogen-bond donors (Lipinski definition) is 1. The quantitative estimate of drug-likeness (QED) is 0.215. The Bertz CT molecular complexity index is 1650. The molecule has 4 nitrogen and oxygen atoms in total. The Kier molecular flexibility index (Phi) is 7.56. The van der Waals surface area contributed by atoms with E-state index < -0.39 is 17.7 Å². The molecule has 0 spiro atoms. The van der Waals surface area contributed by atoms with Crippen LogP contribution in [0.4, 0.5) is 13.2 Å². The molecule has 0 aliphatic rings. The maximum Gasteiger partial charge on any atom is 0.418 e. The summed E-state index contributed by atoms with van der Waals surface area (Å²) in [7, 11) is 0. The number of carboxylic acid groups (broad SMARTS) is 1. The van der Waals surface area contributed by atoms with Crippen molar-refractivity contribution in [2.24, 2.45) is 0 Å². The second-order valence-corrected chi connectivity index (χ2v) is 9.62. The zero-order valence-electron chi connectivity index (χ0n) is 21.7. The van der Waals surface area contributed by atoms with Crippen LogP contribution < -0.4 is 4.74 Å². The highest BCUT2D eigenvalue weighted by atomic mass is 19.4. The molecule has 4 aromatic carbocycles. The Hall–Kier alpha value is -4.65. The molecule has 1 N–H and O–H groups in total. The SMILES string of the molecule is C[C@@H](Oc1cccc(-c2c(Cc3ccccc3)cnc3c(C(F)(F)F)cccc23)c1)c1ccc(CC(=O)O)cc1. The van der Waals surface area contributed by atoms with Gasteiger partial charge in [-0.05, 0) is 64.9 Å². The van der Waals surface area contributed by atoms with E-state index in [1.54, 1.807) is 24.3 Å². The molecule has 1 heterocycles. The first-order chi connectivity index (χ1) is 19.2. The highest BCUT2D eigenvalue weighted by Gasteiger charge is 2.33. The summed E-state index contributed by atoms with van der Waals surface area (Å²) in [4.78, 5) is 15.2. The average Bonchev–Trinajstić information content (AvgIpc) is 2.93. The molecule has 0 aliphatic heterocycles. The highest BCUT2D eigenvalue weighted by Crippen LogP contribution is 2.40. The fourth-order valence-electron chi connectivity index (χ4n) is 4.86. The van der Waals surface area contributed by atoms with Crippen molar-refractivity contribution in [1.29, 1.82) is 0 Å². The molecule has 0 radical (unpaired) electrons. The molecule has 1 aromatic heterocycles. The summed E-state index contributed by atoms with van der Waals surface area (Å²) < 4.78 is 47.8. The lowest BCUT2D eigenvalue weighted by Crippen LogP contribution is -2.07. The van der Waals surface area contributed by atoms with E-state index >= 15 is 0 Å². The number of ether oxygens (including phenoxy) is 1. The first-order valence-electron chi connectivity index (χ1n) is 12.8. The van der Waals surface area contributed by atoms with Crippen LogP contribution in [0, 0.1) is 0 Å². The zero-order valence-corrected chi connectivity index (χ0v) is 21.7. The zero-order chi connectivity index (χ0) is 28.3. The molecule has 202 valence electrons. The number of benzene rings is 4. The molecule has 7 heteroatoms. The minimum Gasteiger partial charge on any atom is -0.486 e. The van der Waals surface area contributed by atoms with Crippen LogP contribution in [0.1, 0.15) is 40.8 Å². The molecule has 5 rings (SSSR count). The Labute approximate surface area is 229 Å². The van der Waals surface area contributed by atoms with Crippen molar-refractivity contribution in [3.8, 4) is 16.9 Å². The van der Waals surface area contributed by atoms with Crippen molar-refractivity contribution in [1.82, 2.24) is 4.98 Å². The van der Waals surface area contributed by atoms with Crippen molar-refractivity contribution in [2.75, 3.05) is 0 Å². The number of fused-ring (bicyclic) bond motifs is 1. The number of hydrogen-bond acceptors (Lipinski definition) is 3. The van der Waals surface area contributed by atoms with Crippen molar-refractivity contribution >= 4 is 16.9 Å². The molecule has 40 heavy (non-hydrogen) atoms. The van der Waals surface area contributed by atoms with Gasteiger partial charge in [0.2, 0.25) is 0 Å². The second-order valence-electron chi connectivity index (χ2n) is 9.62. The predicted octanol–water partition coefficient (Wildman–Crippen LogP) is 8.28. The molecule has 0 amide bonds. The summed E-state index contributed by atoms with van der Waals surface area (Å²) in [6, 6.07) is 28.4. The van der Waals surface area contributed by atoms with E-state index in [2.05, 4.69) is 4.98 Å². The van der Waals surface area contributed by atoms with Crippen LogP contribution in [0.2, 0.25) is 0 Å². The van der Waals surface area contributed by atoms with Crippen LogP contribution in [0.3, 0.4) is 0 Å². The van der Waals surface area contributed by atoms with Crippen molar-refractivity contribution < 1.29 is 27.8 Å². The van der Waals surface area contributed by atoms with E-state index in [0.29, 0.717) is 28.7 Å². The lowest BCUT2D eigenvalue weighted by Gasteiger charge is -2.19. The van der Waals surface area contributed by atoms with E-state index in [4.69, 9.17) is 9.84 Å². The van der Waals surface area contributed by atoms with Crippen molar-refractivity contribution in [3.05, 3.63) is 131 Å². The van der Waals surface area contributed by atoms with E-state index in [9.17, 15) is 18.0 Å². The van der Waals surface area contributed by atoms with Crippen LogP contribution in [-0.4, -0.2) is 16.1 Å². The van der Waals surface area contributed by atoms with E-state index in [1.165, 1.54) is 12.3 Å². The maximum atomic E-state index is 13.9. The maximum absolute atomic E-state index is 13.9. The van der Waals surface area contributed by atoms with Crippen LogP contribution in [0.25, 0.3) is 22.0 Å². The molecule has 0 fully saturated rings. The Morgan fingerprint density at radius 2 is 1.62 bits per heavy atom. The lowest BCUT2D eigenvalue weighted by molar-refractivity contribution is -0.137. The van der Waals surface area contributed by atoms with Crippen LogP contribution in [0.5, 0.6) is 5.75 Å². The molecular weight excluding hydrogens is 515 g/mol. The number of aliphatic carboxylic acids is 1. The van der Waals surface area contributed by atoms with Crippen molar-refractivity contribution in [3.63, 3.8) is 0 Å². The summed E-state index contributed by atoms with van der Waals surface area (Å²) >= 11 is 0. The standard InChI is InChI=1S/C33H26F3NO3/c1-21(24-15-13-23(14-16-24)18-30(38)39)40-27-10-5-9-25(19-27)31-26(17-22-7-3-2-4-8-22)20-37-32-28(31)11-6-12-29(32)33(34,35)36/h2-16,19-21H,17-18H2,1H3,(H,38,39)/t21-/m1/s1. The lowest BCUT2D eigenvalue weighted by atomic mass is 9.91. The smallest absolute Gasteiger partial charge is 0.418 e. The average molecular weight is 542 g/mol. The van der Waals surface area contributed by atoms with Gasteiger partial charge in [0.15, 0.2) is 0 Å². The number of pyridine rings is 1. The number of nitrogens with zero attached hydrogens (tertiary/aromatic N) is 1. The molecule has 1 atom stereocenters. The fourth-order valence-corrected chi connectivity index (χ4v) is 4.86. The number of rotatable bonds is 8. The van der Waals surface area contributed by atoms with Gasteiger partial charge in [-0.15, -0.1) is 0 Å². The Balaban J connectivity index is 1.54. The van der Waals surface area contributed by atoms with Gasteiger partial charge in [-0.3, -0.25) is 9.78 Å². The summed E-state index contributed by atoms with van der Waals surface area (Å²) in [5.74, 6) is -0.339. The molecular formula is C33H26F3NO3. The van der Waals surface area contributed by atoms with Gasteiger partial charge in [-0.25, -0.2) is 0 Å². The summed E-state index contributed by atoms with van der Waals surface area (Å²) in [5.41, 5.74) is 3.91. The molecule has 0 saturated heterocycles. The molecule has 5 aromatic rings. The minimum absolute atomic E-state index is 0.0567. The topological polar surface area (TPSA) is 59.4 Å². The van der Waals surface area contributed by atoms with Gasteiger partial charge in [0.05, 0.1) is 17.5 Å². The van der Waals surface area contributed by atoms with Crippen molar-refractivity contribution in [2.45, 2.75) is 32.0 Å². The number of aromatic nitrogens is 1. The third kappa shape index (κ3) is 5.99. The third-order valence-electron chi connectivity index (χ3n) is 6.76. The predicted molar refractivity (Wildman–Crippen MR) is 148 cm³/mol. The molecule has 0 aliphatic carbocycles. The number of carboxylic acids is 1. The summed E-state index contributed by atoms with van der Waals surface area (Å²) in [5, 5.41) is 9.42.